The smallest absolute Gasteiger partial charge is 0.335 e. The molecule has 150 valence electrons. The average Bonchev–Trinajstić information content (AvgIpc) is 2.69. The Morgan fingerprint density at radius 2 is 1.76 bits per heavy atom. The van der Waals surface area contributed by atoms with E-state index in [0.717, 1.165) is 23.1 Å². The van der Waals surface area contributed by atoms with Gasteiger partial charge in [-0.25, -0.2) is 4.79 Å². The Hall–Kier alpha value is -2.96. The average molecular weight is 408 g/mol. The van der Waals surface area contributed by atoms with Gasteiger partial charge in [-0.1, -0.05) is 42.5 Å². The molecule has 0 radical (unpaired) electrons. The summed E-state index contributed by atoms with van der Waals surface area (Å²) in [5.74, 6) is -0.941. The van der Waals surface area contributed by atoms with E-state index in [4.69, 9.17) is 5.11 Å². The van der Waals surface area contributed by atoms with E-state index in [1.807, 2.05) is 49.4 Å². The van der Waals surface area contributed by atoms with E-state index >= 15 is 0 Å². The van der Waals surface area contributed by atoms with E-state index in [1.165, 1.54) is 4.31 Å². The van der Waals surface area contributed by atoms with E-state index < -0.39 is 17.2 Å². The van der Waals surface area contributed by atoms with Crippen LogP contribution in [0.4, 0.5) is 11.4 Å². The number of carboxylic acid groups (broad SMARTS) is 1. The fourth-order valence-corrected chi connectivity index (χ4v) is 3.95. The van der Waals surface area contributed by atoms with Gasteiger partial charge < -0.3 is 9.66 Å². The lowest BCUT2D eigenvalue weighted by molar-refractivity contribution is 0.0696. The highest BCUT2D eigenvalue weighted by molar-refractivity contribution is 7.81. The number of carbonyl (C=O) groups is 1. The highest BCUT2D eigenvalue weighted by Gasteiger charge is 2.14. The maximum Gasteiger partial charge on any atom is 0.335 e. The first-order chi connectivity index (χ1) is 14.0. The molecular formula is C23H22NO4S-. The summed E-state index contributed by atoms with van der Waals surface area (Å²) in [6.07, 6.45) is 2.15. The molecule has 0 saturated heterocycles. The first-order valence-corrected chi connectivity index (χ1v) is 10.3. The molecule has 3 aromatic carbocycles. The molecule has 3 rings (SSSR count). The topological polar surface area (TPSA) is 80.7 Å². The van der Waals surface area contributed by atoms with Crippen LogP contribution in [0.5, 0.6) is 0 Å². The highest BCUT2D eigenvalue weighted by atomic mass is 32.2. The Bertz CT molecular complexity index is 1030. The minimum Gasteiger partial charge on any atom is -0.755 e. The van der Waals surface area contributed by atoms with Gasteiger partial charge in [-0.15, -0.1) is 0 Å². The molecule has 3 aromatic rings. The largest absolute Gasteiger partial charge is 0.755 e. The van der Waals surface area contributed by atoms with Crippen molar-refractivity contribution in [1.82, 2.24) is 0 Å². The molecule has 1 unspecified atom stereocenters. The molecule has 0 aliphatic carbocycles. The summed E-state index contributed by atoms with van der Waals surface area (Å²) in [7, 11) is 0. The van der Waals surface area contributed by atoms with Crippen molar-refractivity contribution in [1.29, 1.82) is 0 Å². The van der Waals surface area contributed by atoms with Gasteiger partial charge in [0.05, 0.1) is 28.2 Å². The van der Waals surface area contributed by atoms with Crippen molar-refractivity contribution in [3.8, 4) is 0 Å². The molecule has 5 nitrogen and oxygen atoms in total. The number of rotatable bonds is 8. The fourth-order valence-electron chi connectivity index (χ4n) is 3.32. The summed E-state index contributed by atoms with van der Waals surface area (Å²) in [4.78, 5) is 11.1. The highest BCUT2D eigenvalue weighted by Crippen LogP contribution is 2.31. The van der Waals surface area contributed by atoms with Gasteiger partial charge in [0, 0.05) is 0 Å². The molecule has 0 heterocycles. The molecule has 0 spiro atoms. The third-order valence-corrected chi connectivity index (χ3v) is 5.39. The number of hydrogen-bond acceptors (Lipinski definition) is 3. The molecule has 29 heavy (non-hydrogen) atoms. The van der Waals surface area contributed by atoms with Gasteiger partial charge in [-0.3, -0.25) is 8.51 Å². The van der Waals surface area contributed by atoms with Gasteiger partial charge in [-0.2, -0.15) is 0 Å². The van der Waals surface area contributed by atoms with Gasteiger partial charge in [0.25, 0.3) is 0 Å². The van der Waals surface area contributed by atoms with Crippen LogP contribution in [0, 0.1) is 6.92 Å². The second-order valence-electron chi connectivity index (χ2n) is 6.84. The molecule has 1 N–H and O–H groups in total. The number of aromatic carboxylic acids is 1. The monoisotopic (exact) mass is 408 g/mol. The van der Waals surface area contributed by atoms with Crippen molar-refractivity contribution in [2.75, 3.05) is 4.31 Å². The van der Waals surface area contributed by atoms with Crippen molar-refractivity contribution < 1.29 is 18.7 Å². The van der Waals surface area contributed by atoms with Crippen molar-refractivity contribution in [2.45, 2.75) is 26.2 Å². The fraction of sp³-hybridized carbons (Fsp3) is 0.174. The number of nitrogens with zero attached hydrogens (tertiary/aromatic N) is 1. The van der Waals surface area contributed by atoms with Crippen LogP contribution in [0.2, 0.25) is 0 Å². The number of para-hydroxylation sites is 1. The molecule has 0 aliphatic heterocycles. The first kappa shape index (κ1) is 20.8. The van der Waals surface area contributed by atoms with Crippen LogP contribution >= 0.6 is 0 Å². The third-order valence-electron chi connectivity index (χ3n) is 4.68. The van der Waals surface area contributed by atoms with Crippen LogP contribution in [0.1, 0.15) is 33.5 Å². The predicted molar refractivity (Wildman–Crippen MR) is 114 cm³/mol. The molecule has 6 heteroatoms. The number of anilines is 2. The molecule has 1 atom stereocenters. The van der Waals surface area contributed by atoms with Gasteiger partial charge in [-0.05, 0) is 73.2 Å². The Balaban J connectivity index is 1.80. The quantitative estimate of drug-likeness (QED) is 0.543. The molecule has 0 aromatic heterocycles. The van der Waals surface area contributed by atoms with Crippen molar-refractivity contribution in [2.24, 2.45) is 0 Å². The molecule has 0 bridgehead atoms. The lowest BCUT2D eigenvalue weighted by Crippen LogP contribution is -2.21. The van der Waals surface area contributed by atoms with Crippen molar-refractivity contribution in [3.05, 3.63) is 95.1 Å². The van der Waals surface area contributed by atoms with Crippen LogP contribution in [0.25, 0.3) is 0 Å². The first-order valence-electron chi connectivity index (χ1n) is 9.32. The van der Waals surface area contributed by atoms with Crippen LogP contribution in [0.15, 0.2) is 72.8 Å². The minimum atomic E-state index is -2.46. The van der Waals surface area contributed by atoms with E-state index in [0.29, 0.717) is 24.2 Å². The summed E-state index contributed by atoms with van der Waals surface area (Å²) in [5.41, 5.74) is 4.35. The number of benzene rings is 3. The summed E-state index contributed by atoms with van der Waals surface area (Å²) in [6, 6.07) is 21.7. The number of hydrogen-bond donors (Lipinski definition) is 1. The SMILES string of the molecule is Cc1cccc(N(c2ccccc2CCCc2cccc(C(=O)O)c2)S(=O)[O-])c1. The van der Waals surface area contributed by atoms with Gasteiger partial charge in [0.15, 0.2) is 0 Å². The maximum absolute atomic E-state index is 12.0. The van der Waals surface area contributed by atoms with Crippen LogP contribution in [-0.4, -0.2) is 19.8 Å². The lowest BCUT2D eigenvalue weighted by atomic mass is 10.0. The van der Waals surface area contributed by atoms with Crippen LogP contribution in [0.3, 0.4) is 0 Å². The molecular weight excluding hydrogens is 386 g/mol. The van der Waals surface area contributed by atoms with Crippen molar-refractivity contribution >= 4 is 28.6 Å². The second-order valence-corrected chi connectivity index (χ2v) is 7.64. The van der Waals surface area contributed by atoms with Crippen LogP contribution < -0.4 is 4.31 Å². The molecule has 0 amide bonds. The normalized spacial score (nSPS) is 11.8. The van der Waals surface area contributed by atoms with E-state index in [2.05, 4.69) is 0 Å². The lowest BCUT2D eigenvalue weighted by Gasteiger charge is -2.28. The van der Waals surface area contributed by atoms with Crippen molar-refractivity contribution in [3.63, 3.8) is 0 Å². The number of carboxylic acids is 1. The Labute approximate surface area is 173 Å². The molecule has 0 aliphatic rings. The van der Waals surface area contributed by atoms with Gasteiger partial charge in [0.1, 0.15) is 0 Å². The Morgan fingerprint density at radius 1 is 1.00 bits per heavy atom. The number of aryl methyl sites for hydroxylation is 3. The Kier molecular flexibility index (Phi) is 6.80. The van der Waals surface area contributed by atoms with Gasteiger partial charge >= 0.3 is 5.97 Å². The van der Waals surface area contributed by atoms with E-state index in [1.54, 1.807) is 30.3 Å². The summed E-state index contributed by atoms with van der Waals surface area (Å²) in [5, 5.41) is 9.13. The second kappa shape index (κ2) is 9.49. The van der Waals surface area contributed by atoms with Gasteiger partial charge in [0.2, 0.25) is 0 Å². The zero-order chi connectivity index (χ0) is 20.8. The summed E-state index contributed by atoms with van der Waals surface area (Å²) in [6.45, 7) is 1.92. The summed E-state index contributed by atoms with van der Waals surface area (Å²) >= 11 is -2.46. The van der Waals surface area contributed by atoms with E-state index in [-0.39, 0.29) is 5.56 Å². The predicted octanol–water partition coefficient (Wildman–Crippen LogP) is 4.80. The molecule has 0 fully saturated rings. The van der Waals surface area contributed by atoms with E-state index in [9.17, 15) is 13.6 Å². The minimum absolute atomic E-state index is 0.273. The maximum atomic E-state index is 12.0. The zero-order valence-corrected chi connectivity index (χ0v) is 16.9. The zero-order valence-electron chi connectivity index (χ0n) is 16.1. The standard InChI is InChI=1S/C23H23NO4S/c1-17-7-4-13-21(15-17)24(29(27)28)22-14-3-2-10-19(22)11-5-8-18-9-6-12-20(16-18)23(25)26/h2-4,6-7,9-10,12-16H,5,8,11H2,1H3,(H,25,26)(H,27,28)/p-1. The molecule has 0 saturated carbocycles. The third kappa shape index (κ3) is 5.31. The van der Waals surface area contributed by atoms with Crippen LogP contribution in [-0.2, 0) is 24.1 Å². The Morgan fingerprint density at radius 3 is 2.48 bits per heavy atom. The summed E-state index contributed by atoms with van der Waals surface area (Å²) < 4.78 is 25.4.